The third-order valence-corrected chi connectivity index (χ3v) is 3.51. The number of piperazine rings is 1. The smallest absolute Gasteiger partial charge is 0.327 e. The summed E-state index contributed by atoms with van der Waals surface area (Å²) in [6.45, 7) is 0.630. The van der Waals surface area contributed by atoms with Crippen LogP contribution < -0.4 is 5.32 Å². The molecule has 0 aliphatic carbocycles. The number of rotatable bonds is 3. The molecule has 0 aromatic heterocycles. The summed E-state index contributed by atoms with van der Waals surface area (Å²) < 4.78 is 0. The molecule has 1 unspecified atom stereocenters. The van der Waals surface area contributed by atoms with Gasteiger partial charge in [0.15, 0.2) is 0 Å². The van der Waals surface area contributed by atoms with Crippen molar-refractivity contribution in [1.29, 1.82) is 0 Å². The molecule has 1 aliphatic rings. The molecule has 1 atom stereocenters. The van der Waals surface area contributed by atoms with E-state index < -0.39 is 28.5 Å². The van der Waals surface area contributed by atoms with Crippen molar-refractivity contribution < 1.29 is 19.6 Å². The van der Waals surface area contributed by atoms with Gasteiger partial charge in [0.1, 0.15) is 11.6 Å². The molecule has 21 heavy (non-hydrogen) atoms. The van der Waals surface area contributed by atoms with Crippen LogP contribution in [0, 0.1) is 10.1 Å². The van der Waals surface area contributed by atoms with Crippen LogP contribution in [0.15, 0.2) is 18.2 Å². The highest BCUT2D eigenvalue weighted by molar-refractivity contribution is 6.34. The number of benzene rings is 1. The van der Waals surface area contributed by atoms with Crippen molar-refractivity contribution in [3.63, 3.8) is 0 Å². The normalized spacial score (nSPS) is 18.3. The summed E-state index contributed by atoms with van der Waals surface area (Å²) in [5, 5.41) is 23.0. The van der Waals surface area contributed by atoms with Crippen molar-refractivity contribution >= 4 is 29.2 Å². The van der Waals surface area contributed by atoms with Gasteiger partial charge < -0.3 is 15.3 Å². The minimum atomic E-state index is -1.18. The fourth-order valence-electron chi connectivity index (χ4n) is 2.19. The van der Waals surface area contributed by atoms with Crippen LogP contribution in [0.2, 0.25) is 5.02 Å². The summed E-state index contributed by atoms with van der Waals surface area (Å²) in [7, 11) is 0. The number of carboxylic acid groups (broad SMARTS) is 1. The lowest BCUT2D eigenvalue weighted by Gasteiger charge is -2.33. The summed E-state index contributed by atoms with van der Waals surface area (Å²) in [4.78, 5) is 35.1. The Bertz CT molecular complexity index is 607. The van der Waals surface area contributed by atoms with E-state index in [1.54, 1.807) is 0 Å². The highest BCUT2D eigenvalue weighted by Gasteiger charge is 2.36. The number of amides is 1. The van der Waals surface area contributed by atoms with Crippen LogP contribution in [0.4, 0.5) is 5.69 Å². The quantitative estimate of drug-likeness (QED) is 0.629. The molecule has 2 N–H and O–H groups in total. The van der Waals surface area contributed by atoms with E-state index in [-0.39, 0.29) is 23.7 Å². The van der Waals surface area contributed by atoms with Crippen LogP contribution in [0.5, 0.6) is 0 Å². The number of halogens is 1. The average molecular weight is 314 g/mol. The number of carbonyl (C=O) groups excluding carboxylic acids is 1. The number of nitro groups is 1. The molecule has 1 aromatic rings. The van der Waals surface area contributed by atoms with E-state index in [2.05, 4.69) is 5.32 Å². The molecule has 112 valence electrons. The Morgan fingerprint density at radius 1 is 1.48 bits per heavy atom. The average Bonchev–Trinajstić information content (AvgIpc) is 2.46. The predicted molar refractivity (Wildman–Crippen MR) is 73.4 cm³/mol. The number of aliphatic carboxylic acids is 1. The lowest BCUT2D eigenvalue weighted by molar-refractivity contribution is -0.385. The number of hydrogen-bond acceptors (Lipinski definition) is 5. The molecule has 1 aromatic carbocycles. The van der Waals surface area contributed by atoms with Crippen molar-refractivity contribution in [1.82, 2.24) is 10.2 Å². The van der Waals surface area contributed by atoms with Gasteiger partial charge in [-0.25, -0.2) is 4.79 Å². The summed E-state index contributed by atoms with van der Waals surface area (Å²) in [5.74, 6) is -1.92. The maximum absolute atomic E-state index is 12.5. The van der Waals surface area contributed by atoms with Crippen LogP contribution in [0.3, 0.4) is 0 Å². The van der Waals surface area contributed by atoms with Crippen molar-refractivity contribution in [3.05, 3.63) is 38.9 Å². The number of carbonyl (C=O) groups is 2. The molecule has 0 saturated carbocycles. The zero-order valence-electron chi connectivity index (χ0n) is 10.8. The molecule has 0 spiro atoms. The molecule has 0 radical (unpaired) electrons. The van der Waals surface area contributed by atoms with Gasteiger partial charge in [-0.2, -0.15) is 0 Å². The van der Waals surface area contributed by atoms with Crippen molar-refractivity contribution in [2.75, 3.05) is 19.6 Å². The summed E-state index contributed by atoms with van der Waals surface area (Å²) in [6.07, 6.45) is 0. The fourth-order valence-corrected chi connectivity index (χ4v) is 2.44. The molecule has 2 rings (SSSR count). The first kappa shape index (κ1) is 15.2. The second-order valence-corrected chi connectivity index (χ2v) is 4.85. The van der Waals surface area contributed by atoms with Gasteiger partial charge in [-0.05, 0) is 6.07 Å². The highest BCUT2D eigenvalue weighted by atomic mass is 35.5. The minimum absolute atomic E-state index is 0.0723. The Morgan fingerprint density at radius 3 is 2.81 bits per heavy atom. The lowest BCUT2D eigenvalue weighted by atomic mass is 10.1. The van der Waals surface area contributed by atoms with Gasteiger partial charge in [0, 0.05) is 25.7 Å². The monoisotopic (exact) mass is 313 g/mol. The largest absolute Gasteiger partial charge is 0.480 e. The van der Waals surface area contributed by atoms with Gasteiger partial charge in [0.2, 0.25) is 0 Å². The number of carboxylic acids is 1. The van der Waals surface area contributed by atoms with Crippen LogP contribution in [-0.2, 0) is 4.79 Å². The summed E-state index contributed by atoms with van der Waals surface area (Å²) in [5.41, 5.74) is -0.715. The first-order valence-corrected chi connectivity index (χ1v) is 6.48. The Kier molecular flexibility index (Phi) is 4.39. The van der Waals surface area contributed by atoms with Gasteiger partial charge in [-0.15, -0.1) is 0 Å². The van der Waals surface area contributed by atoms with Crippen LogP contribution in [-0.4, -0.2) is 52.5 Å². The molecule has 8 nitrogen and oxygen atoms in total. The maximum Gasteiger partial charge on any atom is 0.327 e. The topological polar surface area (TPSA) is 113 Å². The van der Waals surface area contributed by atoms with Gasteiger partial charge in [-0.1, -0.05) is 17.7 Å². The molecular formula is C12H12ClN3O5. The SMILES string of the molecule is O=C(O)C1CNCCN1C(=O)c1c(Cl)cccc1[N+](=O)[O-]. The van der Waals surface area contributed by atoms with Gasteiger partial charge >= 0.3 is 5.97 Å². The summed E-state index contributed by atoms with van der Waals surface area (Å²) >= 11 is 5.90. The maximum atomic E-state index is 12.5. The predicted octanol–water partition coefficient (Wildman–Crippen LogP) is 0.747. The van der Waals surface area contributed by atoms with E-state index in [9.17, 15) is 19.7 Å². The fraction of sp³-hybridized carbons (Fsp3) is 0.333. The van der Waals surface area contributed by atoms with E-state index in [0.717, 1.165) is 11.0 Å². The molecule has 1 saturated heterocycles. The van der Waals surface area contributed by atoms with E-state index in [0.29, 0.717) is 6.54 Å². The molecule has 1 fully saturated rings. The second-order valence-electron chi connectivity index (χ2n) is 4.45. The molecular weight excluding hydrogens is 302 g/mol. The Morgan fingerprint density at radius 2 is 2.19 bits per heavy atom. The third kappa shape index (κ3) is 2.96. The zero-order chi connectivity index (χ0) is 15.6. The van der Waals surface area contributed by atoms with Crippen molar-refractivity contribution in [2.24, 2.45) is 0 Å². The first-order chi connectivity index (χ1) is 9.93. The molecule has 9 heteroatoms. The van der Waals surface area contributed by atoms with Gasteiger partial charge in [0.05, 0.1) is 9.95 Å². The van der Waals surface area contributed by atoms with E-state index in [4.69, 9.17) is 16.7 Å². The molecule has 1 aliphatic heterocycles. The van der Waals surface area contributed by atoms with Crippen LogP contribution >= 0.6 is 11.6 Å². The first-order valence-electron chi connectivity index (χ1n) is 6.11. The van der Waals surface area contributed by atoms with Crippen molar-refractivity contribution in [3.8, 4) is 0 Å². The molecule has 1 heterocycles. The van der Waals surface area contributed by atoms with Crippen LogP contribution in [0.1, 0.15) is 10.4 Å². The minimum Gasteiger partial charge on any atom is -0.480 e. The zero-order valence-corrected chi connectivity index (χ0v) is 11.5. The second kappa shape index (κ2) is 6.06. The number of nitrogens with zero attached hydrogens (tertiary/aromatic N) is 2. The Labute approximate surface area is 124 Å². The third-order valence-electron chi connectivity index (χ3n) is 3.19. The van der Waals surface area contributed by atoms with E-state index in [1.807, 2.05) is 0 Å². The number of nitrogens with one attached hydrogen (secondary N) is 1. The molecule has 1 amide bonds. The molecule has 0 bridgehead atoms. The standard InChI is InChI=1S/C12H12ClN3O5/c13-7-2-1-3-8(16(20)21)10(7)11(17)15-5-4-14-6-9(15)12(18)19/h1-3,9,14H,4-6H2,(H,18,19). The van der Waals surface area contributed by atoms with Gasteiger partial charge in [-0.3, -0.25) is 14.9 Å². The van der Waals surface area contributed by atoms with E-state index in [1.165, 1.54) is 12.1 Å². The van der Waals surface area contributed by atoms with E-state index >= 15 is 0 Å². The summed E-state index contributed by atoms with van der Waals surface area (Å²) in [6, 6.07) is 2.81. The van der Waals surface area contributed by atoms with Crippen molar-refractivity contribution in [2.45, 2.75) is 6.04 Å². The Balaban J connectivity index is 2.44. The number of nitro benzene ring substituents is 1. The number of hydrogen-bond donors (Lipinski definition) is 2. The van der Waals surface area contributed by atoms with Gasteiger partial charge in [0.25, 0.3) is 11.6 Å². The lowest BCUT2D eigenvalue weighted by Crippen LogP contribution is -2.57. The Hall–Kier alpha value is -2.19. The van der Waals surface area contributed by atoms with Crippen LogP contribution in [0.25, 0.3) is 0 Å². The highest BCUT2D eigenvalue weighted by Crippen LogP contribution is 2.28.